The van der Waals surface area contributed by atoms with Crippen molar-refractivity contribution < 1.29 is 0 Å². The molecule has 0 radical (unpaired) electrons. The minimum absolute atomic E-state index is 1.08. The van der Waals surface area contributed by atoms with Gasteiger partial charge in [0.2, 0.25) is 0 Å². The Bertz CT molecular complexity index is 603. The molecule has 0 saturated carbocycles. The monoisotopic (exact) mass is 365 g/mol. The highest BCUT2D eigenvalue weighted by Gasteiger charge is 2.15. The molecule has 1 fully saturated rings. The fourth-order valence-electron chi connectivity index (χ4n) is 3.82. The second-order valence-corrected chi connectivity index (χ2v) is 7.61. The molecule has 27 heavy (non-hydrogen) atoms. The van der Waals surface area contributed by atoms with E-state index in [2.05, 4.69) is 75.8 Å². The van der Waals surface area contributed by atoms with E-state index in [1.54, 1.807) is 0 Å². The summed E-state index contributed by atoms with van der Waals surface area (Å²) in [5.41, 5.74) is 2.89. The summed E-state index contributed by atoms with van der Waals surface area (Å²) in [5.74, 6) is 0. The first kappa shape index (κ1) is 20.1. The summed E-state index contributed by atoms with van der Waals surface area (Å²) in [4.78, 5) is 5.27. The fourth-order valence-corrected chi connectivity index (χ4v) is 3.82. The van der Waals surface area contributed by atoms with E-state index >= 15 is 0 Å². The molecule has 0 amide bonds. The first-order valence-corrected chi connectivity index (χ1v) is 10.6. The van der Waals surface area contributed by atoms with E-state index < -0.39 is 0 Å². The molecule has 3 heteroatoms. The van der Waals surface area contributed by atoms with E-state index in [1.807, 2.05) is 0 Å². The van der Waals surface area contributed by atoms with Gasteiger partial charge in [0, 0.05) is 26.2 Å². The van der Waals surface area contributed by atoms with Crippen LogP contribution in [0.15, 0.2) is 60.7 Å². The quantitative estimate of drug-likeness (QED) is 0.615. The normalized spacial score (nSPS) is 15.9. The van der Waals surface area contributed by atoms with Gasteiger partial charge in [-0.1, -0.05) is 60.7 Å². The van der Waals surface area contributed by atoms with Gasteiger partial charge in [0.25, 0.3) is 0 Å². The molecule has 0 atom stereocenters. The zero-order valence-corrected chi connectivity index (χ0v) is 16.7. The van der Waals surface area contributed by atoms with Crippen LogP contribution in [-0.2, 0) is 12.8 Å². The van der Waals surface area contributed by atoms with Gasteiger partial charge in [0.1, 0.15) is 0 Å². The maximum Gasteiger partial charge on any atom is 0.0110 e. The molecule has 1 heterocycles. The SMILES string of the molecule is c1ccc(CCCN2CCN(CCCNCCc3ccccc3)CC2)cc1. The fraction of sp³-hybridized carbons (Fsp3) is 0.500. The molecule has 1 saturated heterocycles. The number of hydrogen-bond donors (Lipinski definition) is 1. The summed E-state index contributed by atoms with van der Waals surface area (Å²) < 4.78 is 0. The second kappa shape index (κ2) is 11.9. The average Bonchev–Trinajstić information content (AvgIpc) is 2.73. The Morgan fingerprint density at radius 2 is 1.11 bits per heavy atom. The van der Waals surface area contributed by atoms with Gasteiger partial charge < -0.3 is 15.1 Å². The van der Waals surface area contributed by atoms with Crippen molar-refractivity contribution in [2.24, 2.45) is 0 Å². The lowest BCUT2D eigenvalue weighted by Gasteiger charge is -2.34. The summed E-state index contributed by atoms with van der Waals surface area (Å²) in [6.07, 6.45) is 4.86. The third-order valence-electron chi connectivity index (χ3n) is 5.51. The molecule has 0 spiro atoms. The molecule has 2 aromatic carbocycles. The van der Waals surface area contributed by atoms with Crippen molar-refractivity contribution in [1.82, 2.24) is 15.1 Å². The summed E-state index contributed by atoms with van der Waals surface area (Å²) in [6.45, 7) is 9.61. The molecule has 1 aliphatic rings. The van der Waals surface area contributed by atoms with Crippen molar-refractivity contribution in [3.05, 3.63) is 71.8 Å². The summed E-state index contributed by atoms with van der Waals surface area (Å²) in [5, 5.41) is 3.59. The van der Waals surface area contributed by atoms with E-state index in [-0.39, 0.29) is 0 Å². The van der Waals surface area contributed by atoms with Gasteiger partial charge in [-0.2, -0.15) is 0 Å². The van der Waals surface area contributed by atoms with Crippen LogP contribution in [0.25, 0.3) is 0 Å². The average molecular weight is 366 g/mol. The molecular formula is C24H35N3. The largest absolute Gasteiger partial charge is 0.316 e. The lowest BCUT2D eigenvalue weighted by atomic mass is 10.1. The highest BCUT2D eigenvalue weighted by molar-refractivity contribution is 5.15. The molecule has 0 aromatic heterocycles. The Balaban J connectivity index is 1.17. The van der Waals surface area contributed by atoms with Crippen molar-refractivity contribution in [2.45, 2.75) is 25.7 Å². The molecule has 2 aromatic rings. The van der Waals surface area contributed by atoms with Gasteiger partial charge in [-0.05, 0) is 63.0 Å². The maximum absolute atomic E-state index is 3.59. The Hall–Kier alpha value is -1.68. The highest BCUT2D eigenvalue weighted by atomic mass is 15.3. The molecule has 1 aliphatic heterocycles. The lowest BCUT2D eigenvalue weighted by Crippen LogP contribution is -2.47. The molecule has 0 aliphatic carbocycles. The van der Waals surface area contributed by atoms with Crippen molar-refractivity contribution in [2.75, 3.05) is 52.4 Å². The Kier molecular flexibility index (Phi) is 8.85. The second-order valence-electron chi connectivity index (χ2n) is 7.61. The molecule has 0 unspecified atom stereocenters. The van der Waals surface area contributed by atoms with Gasteiger partial charge in [0.05, 0.1) is 0 Å². The van der Waals surface area contributed by atoms with Gasteiger partial charge >= 0.3 is 0 Å². The van der Waals surface area contributed by atoms with E-state index in [1.165, 1.54) is 69.7 Å². The highest BCUT2D eigenvalue weighted by Crippen LogP contribution is 2.07. The Morgan fingerprint density at radius 1 is 0.593 bits per heavy atom. The smallest absolute Gasteiger partial charge is 0.0110 e. The van der Waals surface area contributed by atoms with Gasteiger partial charge in [0.15, 0.2) is 0 Å². The predicted molar refractivity (Wildman–Crippen MR) is 115 cm³/mol. The third-order valence-corrected chi connectivity index (χ3v) is 5.51. The van der Waals surface area contributed by atoms with Gasteiger partial charge in [-0.3, -0.25) is 0 Å². The molecule has 1 N–H and O–H groups in total. The van der Waals surface area contributed by atoms with Gasteiger partial charge in [-0.25, -0.2) is 0 Å². The van der Waals surface area contributed by atoms with Crippen molar-refractivity contribution in [1.29, 1.82) is 0 Å². The van der Waals surface area contributed by atoms with Crippen LogP contribution >= 0.6 is 0 Å². The van der Waals surface area contributed by atoms with Crippen LogP contribution in [0.1, 0.15) is 24.0 Å². The maximum atomic E-state index is 3.59. The number of rotatable bonds is 11. The van der Waals surface area contributed by atoms with Crippen LogP contribution in [-0.4, -0.2) is 62.2 Å². The van der Waals surface area contributed by atoms with Crippen molar-refractivity contribution in [3.8, 4) is 0 Å². The van der Waals surface area contributed by atoms with Crippen LogP contribution in [0.2, 0.25) is 0 Å². The molecular weight excluding hydrogens is 330 g/mol. The van der Waals surface area contributed by atoms with E-state index in [0.717, 1.165) is 19.5 Å². The molecule has 3 rings (SSSR count). The topological polar surface area (TPSA) is 18.5 Å². The lowest BCUT2D eigenvalue weighted by molar-refractivity contribution is 0.130. The van der Waals surface area contributed by atoms with Crippen LogP contribution < -0.4 is 5.32 Å². The minimum Gasteiger partial charge on any atom is -0.316 e. The number of nitrogens with one attached hydrogen (secondary N) is 1. The first-order valence-electron chi connectivity index (χ1n) is 10.6. The van der Waals surface area contributed by atoms with Crippen LogP contribution in [0.5, 0.6) is 0 Å². The minimum atomic E-state index is 1.08. The summed E-state index contributed by atoms with van der Waals surface area (Å²) >= 11 is 0. The summed E-state index contributed by atoms with van der Waals surface area (Å²) in [7, 11) is 0. The van der Waals surface area contributed by atoms with Gasteiger partial charge in [-0.15, -0.1) is 0 Å². The van der Waals surface area contributed by atoms with Crippen LogP contribution in [0, 0.1) is 0 Å². The summed E-state index contributed by atoms with van der Waals surface area (Å²) in [6, 6.07) is 21.6. The third kappa shape index (κ3) is 7.84. The molecule has 3 nitrogen and oxygen atoms in total. The number of piperazine rings is 1. The Morgan fingerprint density at radius 3 is 1.70 bits per heavy atom. The zero-order valence-electron chi connectivity index (χ0n) is 16.7. The van der Waals surface area contributed by atoms with Crippen LogP contribution in [0.3, 0.4) is 0 Å². The zero-order chi connectivity index (χ0) is 18.6. The van der Waals surface area contributed by atoms with E-state index in [4.69, 9.17) is 0 Å². The van der Waals surface area contributed by atoms with Crippen molar-refractivity contribution in [3.63, 3.8) is 0 Å². The number of nitrogens with zero attached hydrogens (tertiary/aromatic N) is 2. The molecule has 0 bridgehead atoms. The van der Waals surface area contributed by atoms with E-state index in [9.17, 15) is 0 Å². The molecule has 146 valence electrons. The predicted octanol–water partition coefficient (Wildman–Crippen LogP) is 3.46. The van der Waals surface area contributed by atoms with E-state index in [0.29, 0.717) is 0 Å². The number of aryl methyl sites for hydroxylation is 1. The number of hydrogen-bond acceptors (Lipinski definition) is 3. The van der Waals surface area contributed by atoms with Crippen molar-refractivity contribution >= 4 is 0 Å². The Labute approximate surface area is 165 Å². The first-order chi connectivity index (χ1) is 13.4. The van der Waals surface area contributed by atoms with Crippen LogP contribution in [0.4, 0.5) is 0 Å². The standard InChI is InChI=1S/C24H35N3/c1-3-9-23(10-4-1)13-7-17-26-19-21-27(22-20-26)18-8-15-25-16-14-24-11-5-2-6-12-24/h1-6,9-12,25H,7-8,13-22H2. The number of benzene rings is 2.